The van der Waals surface area contributed by atoms with E-state index in [1.54, 1.807) is 0 Å². The lowest BCUT2D eigenvalue weighted by molar-refractivity contribution is 0.553. The van der Waals surface area contributed by atoms with E-state index in [4.69, 9.17) is 17.3 Å². The van der Waals surface area contributed by atoms with Crippen LogP contribution in [-0.4, -0.2) is 13.1 Å². The molecule has 1 aliphatic rings. The van der Waals surface area contributed by atoms with E-state index in [9.17, 15) is 0 Å². The van der Waals surface area contributed by atoms with Crippen molar-refractivity contribution in [2.75, 3.05) is 11.9 Å². The molecule has 19 heavy (non-hydrogen) atoms. The summed E-state index contributed by atoms with van der Waals surface area (Å²) in [6, 6.07) is 6.88. The van der Waals surface area contributed by atoms with Crippen LogP contribution < -0.4 is 10.6 Å². The first-order valence-electron chi connectivity index (χ1n) is 7.37. The fourth-order valence-electron chi connectivity index (χ4n) is 2.93. The number of benzene rings is 1. The molecule has 0 aliphatic heterocycles. The van der Waals surface area contributed by atoms with Crippen molar-refractivity contribution in [2.24, 2.45) is 5.73 Å². The second-order valence-electron chi connectivity index (χ2n) is 5.76. The molecule has 2 rings (SSSR count). The van der Waals surface area contributed by atoms with Crippen LogP contribution in [-0.2, 0) is 0 Å². The van der Waals surface area contributed by atoms with Crippen LogP contribution in [0.25, 0.3) is 0 Å². The lowest BCUT2D eigenvalue weighted by atomic mass is 10.0. The Kier molecular flexibility index (Phi) is 5.12. The smallest absolute Gasteiger partial charge is 0.0642 e. The molecule has 0 radical (unpaired) electrons. The maximum atomic E-state index is 6.43. The summed E-state index contributed by atoms with van der Waals surface area (Å²) in [7, 11) is 2.17. The van der Waals surface area contributed by atoms with Crippen molar-refractivity contribution >= 4 is 17.3 Å². The van der Waals surface area contributed by atoms with Gasteiger partial charge in [0.05, 0.1) is 10.7 Å². The highest BCUT2D eigenvalue weighted by atomic mass is 35.5. The first-order valence-corrected chi connectivity index (χ1v) is 7.75. The van der Waals surface area contributed by atoms with E-state index in [1.165, 1.54) is 38.5 Å². The molecule has 0 saturated heterocycles. The Morgan fingerprint density at radius 1 is 1.21 bits per heavy atom. The predicted octanol–water partition coefficient (Wildman–Crippen LogP) is 4.52. The zero-order valence-electron chi connectivity index (χ0n) is 12.0. The quantitative estimate of drug-likeness (QED) is 0.825. The highest BCUT2D eigenvalue weighted by molar-refractivity contribution is 6.33. The minimum atomic E-state index is 0.0368. The van der Waals surface area contributed by atoms with Gasteiger partial charge in [-0.25, -0.2) is 0 Å². The standard InChI is InChI=1S/C16H25ClN2/c1-12(18)13-9-10-16(15(17)11-13)19(2)14-7-5-3-4-6-8-14/h9-12,14H,3-8,18H2,1-2H3. The minimum Gasteiger partial charge on any atom is -0.370 e. The topological polar surface area (TPSA) is 29.3 Å². The zero-order valence-corrected chi connectivity index (χ0v) is 12.8. The number of hydrogen-bond donors (Lipinski definition) is 1. The van der Waals surface area contributed by atoms with Gasteiger partial charge in [0.2, 0.25) is 0 Å². The molecular weight excluding hydrogens is 256 g/mol. The van der Waals surface area contributed by atoms with Gasteiger partial charge >= 0.3 is 0 Å². The fourth-order valence-corrected chi connectivity index (χ4v) is 3.26. The largest absolute Gasteiger partial charge is 0.370 e. The van der Waals surface area contributed by atoms with Crippen molar-refractivity contribution in [3.05, 3.63) is 28.8 Å². The Balaban J connectivity index is 2.15. The molecule has 0 aromatic heterocycles. The van der Waals surface area contributed by atoms with Gasteiger partial charge in [-0.1, -0.05) is 43.4 Å². The number of nitrogens with zero attached hydrogens (tertiary/aromatic N) is 1. The van der Waals surface area contributed by atoms with Crippen LogP contribution in [0.3, 0.4) is 0 Å². The van der Waals surface area contributed by atoms with E-state index in [2.05, 4.69) is 24.1 Å². The van der Waals surface area contributed by atoms with Crippen molar-refractivity contribution in [3.63, 3.8) is 0 Å². The fraction of sp³-hybridized carbons (Fsp3) is 0.625. The molecule has 2 N–H and O–H groups in total. The normalized spacial score (nSPS) is 18.9. The lowest BCUT2D eigenvalue weighted by Gasteiger charge is -2.30. The van der Waals surface area contributed by atoms with E-state index >= 15 is 0 Å². The Morgan fingerprint density at radius 3 is 2.37 bits per heavy atom. The lowest BCUT2D eigenvalue weighted by Crippen LogP contribution is -2.31. The Labute approximate surface area is 121 Å². The summed E-state index contributed by atoms with van der Waals surface area (Å²) in [4.78, 5) is 2.36. The van der Waals surface area contributed by atoms with Gasteiger partial charge in [-0.15, -0.1) is 0 Å². The van der Waals surface area contributed by atoms with Crippen LogP contribution in [0.2, 0.25) is 5.02 Å². The van der Waals surface area contributed by atoms with E-state index in [0.29, 0.717) is 6.04 Å². The maximum absolute atomic E-state index is 6.43. The van der Waals surface area contributed by atoms with Gasteiger partial charge in [-0.3, -0.25) is 0 Å². The Morgan fingerprint density at radius 2 is 1.84 bits per heavy atom. The highest BCUT2D eigenvalue weighted by Crippen LogP contribution is 2.32. The number of nitrogens with two attached hydrogens (primary N) is 1. The van der Waals surface area contributed by atoms with Crippen molar-refractivity contribution in [1.82, 2.24) is 0 Å². The van der Waals surface area contributed by atoms with Crippen molar-refractivity contribution in [2.45, 2.75) is 57.5 Å². The van der Waals surface area contributed by atoms with Crippen LogP contribution in [0, 0.1) is 0 Å². The van der Waals surface area contributed by atoms with Crippen LogP contribution >= 0.6 is 11.6 Å². The summed E-state index contributed by atoms with van der Waals surface area (Å²) in [6.07, 6.45) is 7.99. The maximum Gasteiger partial charge on any atom is 0.0642 e. The monoisotopic (exact) mass is 280 g/mol. The summed E-state index contributed by atoms with van der Waals surface area (Å²) in [6.45, 7) is 1.99. The third-order valence-corrected chi connectivity index (χ3v) is 4.55. The summed E-state index contributed by atoms with van der Waals surface area (Å²) < 4.78 is 0. The van der Waals surface area contributed by atoms with Crippen LogP contribution in [0.15, 0.2) is 18.2 Å². The molecule has 0 heterocycles. The number of hydrogen-bond acceptors (Lipinski definition) is 2. The molecule has 1 aliphatic carbocycles. The van der Waals surface area contributed by atoms with Crippen LogP contribution in [0.1, 0.15) is 57.1 Å². The SMILES string of the molecule is CC(N)c1ccc(N(C)C2CCCCCC2)c(Cl)c1. The molecule has 2 nitrogen and oxygen atoms in total. The van der Waals surface area contributed by atoms with Gasteiger partial charge in [0.15, 0.2) is 0 Å². The van der Waals surface area contributed by atoms with Gasteiger partial charge < -0.3 is 10.6 Å². The molecular formula is C16H25ClN2. The number of anilines is 1. The average Bonchev–Trinajstić information content (AvgIpc) is 2.66. The zero-order chi connectivity index (χ0) is 13.8. The molecule has 1 saturated carbocycles. The summed E-state index contributed by atoms with van der Waals surface area (Å²) in [5.41, 5.74) is 8.14. The minimum absolute atomic E-state index is 0.0368. The van der Waals surface area contributed by atoms with Gasteiger partial charge in [0, 0.05) is 19.1 Å². The third kappa shape index (κ3) is 3.64. The molecule has 1 aromatic rings. The average molecular weight is 281 g/mol. The van der Waals surface area contributed by atoms with E-state index in [0.717, 1.165) is 16.3 Å². The highest BCUT2D eigenvalue weighted by Gasteiger charge is 2.19. The number of halogens is 1. The summed E-state index contributed by atoms with van der Waals surface area (Å²) in [5.74, 6) is 0. The third-order valence-electron chi connectivity index (χ3n) is 4.25. The molecule has 1 unspecified atom stereocenters. The second-order valence-corrected chi connectivity index (χ2v) is 6.16. The first kappa shape index (κ1) is 14.7. The Hall–Kier alpha value is -0.730. The van der Waals surface area contributed by atoms with Crippen molar-refractivity contribution < 1.29 is 0 Å². The van der Waals surface area contributed by atoms with E-state index in [-0.39, 0.29) is 6.04 Å². The molecule has 0 spiro atoms. The van der Waals surface area contributed by atoms with E-state index < -0.39 is 0 Å². The molecule has 1 aromatic carbocycles. The van der Waals surface area contributed by atoms with Gasteiger partial charge in [-0.05, 0) is 37.5 Å². The van der Waals surface area contributed by atoms with Crippen LogP contribution in [0.4, 0.5) is 5.69 Å². The summed E-state index contributed by atoms with van der Waals surface area (Å²) in [5, 5.41) is 0.821. The first-order chi connectivity index (χ1) is 9.09. The van der Waals surface area contributed by atoms with Gasteiger partial charge in [0.25, 0.3) is 0 Å². The second kappa shape index (κ2) is 6.62. The molecule has 106 valence electrons. The van der Waals surface area contributed by atoms with Gasteiger partial charge in [-0.2, -0.15) is 0 Å². The number of rotatable bonds is 3. The van der Waals surface area contributed by atoms with Crippen LogP contribution in [0.5, 0.6) is 0 Å². The Bertz CT molecular complexity index is 409. The van der Waals surface area contributed by atoms with Crippen molar-refractivity contribution in [3.8, 4) is 0 Å². The molecule has 3 heteroatoms. The van der Waals surface area contributed by atoms with Gasteiger partial charge in [0.1, 0.15) is 0 Å². The molecule has 1 atom stereocenters. The predicted molar refractivity (Wildman–Crippen MR) is 83.9 cm³/mol. The summed E-state index contributed by atoms with van der Waals surface area (Å²) >= 11 is 6.43. The molecule has 1 fully saturated rings. The molecule has 0 amide bonds. The molecule has 0 bridgehead atoms. The van der Waals surface area contributed by atoms with Crippen molar-refractivity contribution in [1.29, 1.82) is 0 Å². The van der Waals surface area contributed by atoms with E-state index in [1.807, 2.05) is 13.0 Å².